The molecule has 0 fully saturated rings. The van der Waals surface area contributed by atoms with Crippen molar-refractivity contribution in [3.8, 4) is 5.75 Å². The van der Waals surface area contributed by atoms with Crippen molar-refractivity contribution in [1.82, 2.24) is 0 Å². The summed E-state index contributed by atoms with van der Waals surface area (Å²) < 4.78 is 19.8. The zero-order chi connectivity index (χ0) is 18.8. The first-order chi connectivity index (χ1) is 13.2. The van der Waals surface area contributed by atoms with Gasteiger partial charge in [0.05, 0.1) is 29.6 Å². The largest absolute Gasteiger partial charge is 0.497 e. The van der Waals surface area contributed by atoms with E-state index in [1.54, 1.807) is 19.2 Å². The van der Waals surface area contributed by atoms with Crippen molar-refractivity contribution in [2.75, 3.05) is 12.1 Å². The van der Waals surface area contributed by atoms with E-state index in [0.717, 1.165) is 22.7 Å². The SMILES string of the molecule is COc1ccc(C2=NN(c3ccccc3Cl)[C@H](c3ccccc3F)C2)cc1. The van der Waals surface area contributed by atoms with E-state index in [9.17, 15) is 4.39 Å². The van der Waals surface area contributed by atoms with E-state index >= 15 is 0 Å². The van der Waals surface area contributed by atoms with Crippen LogP contribution in [0, 0.1) is 5.82 Å². The highest BCUT2D eigenvalue weighted by molar-refractivity contribution is 6.33. The van der Waals surface area contributed by atoms with E-state index < -0.39 is 0 Å². The monoisotopic (exact) mass is 380 g/mol. The van der Waals surface area contributed by atoms with Crippen molar-refractivity contribution in [2.24, 2.45) is 5.10 Å². The van der Waals surface area contributed by atoms with Crippen molar-refractivity contribution >= 4 is 23.0 Å². The van der Waals surface area contributed by atoms with Gasteiger partial charge in [0.25, 0.3) is 0 Å². The van der Waals surface area contributed by atoms with E-state index in [1.807, 2.05) is 59.6 Å². The summed E-state index contributed by atoms with van der Waals surface area (Å²) in [5.41, 5.74) is 3.22. The van der Waals surface area contributed by atoms with Crippen molar-refractivity contribution in [1.29, 1.82) is 0 Å². The average molecular weight is 381 g/mol. The number of methoxy groups -OCH3 is 1. The lowest BCUT2D eigenvalue weighted by atomic mass is 9.97. The van der Waals surface area contributed by atoms with Crippen LogP contribution in [0.5, 0.6) is 5.75 Å². The zero-order valence-electron chi connectivity index (χ0n) is 14.8. The van der Waals surface area contributed by atoms with Gasteiger partial charge in [0.2, 0.25) is 0 Å². The Hall–Kier alpha value is -2.85. The molecule has 0 aliphatic carbocycles. The van der Waals surface area contributed by atoms with Crippen LogP contribution in [0.3, 0.4) is 0 Å². The fourth-order valence-electron chi connectivity index (χ4n) is 3.32. The molecule has 1 aliphatic rings. The van der Waals surface area contributed by atoms with Crippen molar-refractivity contribution in [3.63, 3.8) is 0 Å². The summed E-state index contributed by atoms with van der Waals surface area (Å²) >= 11 is 6.41. The van der Waals surface area contributed by atoms with Gasteiger partial charge in [-0.05, 0) is 48.0 Å². The molecule has 0 unspecified atom stereocenters. The molecule has 0 N–H and O–H groups in total. The van der Waals surface area contributed by atoms with E-state index in [2.05, 4.69) is 0 Å². The maximum absolute atomic E-state index is 14.5. The molecule has 27 heavy (non-hydrogen) atoms. The van der Waals surface area contributed by atoms with E-state index in [-0.39, 0.29) is 11.9 Å². The molecule has 0 bridgehead atoms. The summed E-state index contributed by atoms with van der Waals surface area (Å²) in [6.45, 7) is 0. The Labute approximate surface area is 162 Å². The second-order valence-corrected chi connectivity index (χ2v) is 6.72. The average Bonchev–Trinajstić information content (AvgIpc) is 3.13. The lowest BCUT2D eigenvalue weighted by Gasteiger charge is -2.25. The van der Waals surface area contributed by atoms with Gasteiger partial charge in [-0.3, -0.25) is 5.01 Å². The number of rotatable bonds is 4. The van der Waals surface area contributed by atoms with Crippen LogP contribution in [-0.4, -0.2) is 12.8 Å². The van der Waals surface area contributed by atoms with Crippen LogP contribution in [-0.2, 0) is 0 Å². The minimum Gasteiger partial charge on any atom is -0.497 e. The Morgan fingerprint density at radius 3 is 2.41 bits per heavy atom. The first-order valence-corrected chi connectivity index (χ1v) is 9.05. The normalized spacial score (nSPS) is 16.3. The standard InChI is InChI=1S/C22H18ClFN2O/c1-27-16-12-10-15(11-13-16)20-14-22(17-6-2-4-8-19(17)24)26(25-20)21-9-5-3-7-18(21)23/h2-13,22H,14H2,1H3/t22-/m0/s1. The topological polar surface area (TPSA) is 24.8 Å². The number of anilines is 1. The lowest BCUT2D eigenvalue weighted by Crippen LogP contribution is -2.19. The van der Waals surface area contributed by atoms with Crippen molar-refractivity contribution in [3.05, 3.63) is 94.8 Å². The Balaban J connectivity index is 1.77. The lowest BCUT2D eigenvalue weighted by molar-refractivity contribution is 0.415. The second kappa shape index (κ2) is 7.41. The number of hydrogen-bond acceptors (Lipinski definition) is 3. The maximum Gasteiger partial charge on any atom is 0.128 e. The third-order valence-corrected chi connectivity index (χ3v) is 5.02. The predicted octanol–water partition coefficient (Wildman–Crippen LogP) is 5.84. The van der Waals surface area contributed by atoms with Crippen LogP contribution in [0.25, 0.3) is 0 Å². The Morgan fingerprint density at radius 1 is 1.00 bits per heavy atom. The fraction of sp³-hybridized carbons (Fsp3) is 0.136. The molecule has 5 heteroatoms. The Bertz CT molecular complexity index is 988. The number of benzene rings is 3. The molecule has 0 amide bonds. The van der Waals surface area contributed by atoms with Gasteiger partial charge in [-0.15, -0.1) is 0 Å². The molecule has 0 saturated carbocycles. The summed E-state index contributed by atoms with van der Waals surface area (Å²) in [5.74, 6) is 0.539. The van der Waals surface area contributed by atoms with Gasteiger partial charge in [-0.2, -0.15) is 5.10 Å². The van der Waals surface area contributed by atoms with Gasteiger partial charge >= 0.3 is 0 Å². The van der Waals surface area contributed by atoms with Crippen molar-refractivity contribution < 1.29 is 9.13 Å². The summed E-state index contributed by atoms with van der Waals surface area (Å²) in [5, 5.41) is 7.20. The number of halogens is 2. The molecule has 0 radical (unpaired) electrons. The minimum absolute atomic E-state index is 0.245. The molecule has 0 aromatic heterocycles. The van der Waals surface area contributed by atoms with Gasteiger partial charge < -0.3 is 4.74 Å². The highest BCUT2D eigenvalue weighted by atomic mass is 35.5. The quantitative estimate of drug-likeness (QED) is 0.567. The summed E-state index contributed by atoms with van der Waals surface area (Å²) in [6.07, 6.45) is 0.582. The smallest absolute Gasteiger partial charge is 0.128 e. The molecule has 3 aromatic carbocycles. The Kier molecular flexibility index (Phi) is 4.82. The molecule has 4 rings (SSSR count). The molecule has 1 heterocycles. The third-order valence-electron chi connectivity index (χ3n) is 4.70. The van der Waals surface area contributed by atoms with Crippen LogP contribution in [0.15, 0.2) is 77.9 Å². The van der Waals surface area contributed by atoms with E-state index in [0.29, 0.717) is 17.0 Å². The summed E-state index contributed by atoms with van der Waals surface area (Å²) in [6, 6.07) is 21.8. The maximum atomic E-state index is 14.5. The molecule has 1 atom stereocenters. The number of hydrazone groups is 1. The third kappa shape index (κ3) is 3.40. The summed E-state index contributed by atoms with van der Waals surface area (Å²) in [7, 11) is 1.63. The molecule has 136 valence electrons. The number of para-hydroxylation sites is 1. The molecule has 3 aromatic rings. The van der Waals surface area contributed by atoms with Gasteiger partial charge in [-0.25, -0.2) is 4.39 Å². The molecule has 0 saturated heterocycles. The van der Waals surface area contributed by atoms with Gasteiger partial charge in [0.1, 0.15) is 11.6 Å². The van der Waals surface area contributed by atoms with Crippen molar-refractivity contribution in [2.45, 2.75) is 12.5 Å². The first kappa shape index (κ1) is 17.6. The van der Waals surface area contributed by atoms with Gasteiger partial charge in [-0.1, -0.05) is 41.9 Å². The molecule has 3 nitrogen and oxygen atoms in total. The Morgan fingerprint density at radius 2 is 1.70 bits per heavy atom. The fourth-order valence-corrected chi connectivity index (χ4v) is 3.54. The van der Waals surface area contributed by atoms with Crippen LogP contribution in [0.1, 0.15) is 23.6 Å². The van der Waals surface area contributed by atoms with E-state index in [1.165, 1.54) is 6.07 Å². The van der Waals surface area contributed by atoms with Gasteiger partial charge in [0, 0.05) is 12.0 Å². The molecular formula is C22H18ClFN2O. The van der Waals surface area contributed by atoms with E-state index in [4.69, 9.17) is 21.4 Å². The van der Waals surface area contributed by atoms with Crippen LogP contribution in [0.4, 0.5) is 10.1 Å². The second-order valence-electron chi connectivity index (χ2n) is 6.31. The minimum atomic E-state index is -0.261. The number of nitrogens with zero attached hydrogens (tertiary/aromatic N) is 2. The van der Waals surface area contributed by atoms with Crippen LogP contribution >= 0.6 is 11.6 Å². The zero-order valence-corrected chi connectivity index (χ0v) is 15.5. The van der Waals surface area contributed by atoms with Crippen LogP contribution < -0.4 is 9.75 Å². The molecular weight excluding hydrogens is 363 g/mol. The summed E-state index contributed by atoms with van der Waals surface area (Å²) in [4.78, 5) is 0. The van der Waals surface area contributed by atoms with Gasteiger partial charge in [0.15, 0.2) is 0 Å². The first-order valence-electron chi connectivity index (χ1n) is 8.67. The van der Waals surface area contributed by atoms with Crippen LogP contribution in [0.2, 0.25) is 5.02 Å². The molecule has 1 aliphatic heterocycles. The number of hydrogen-bond donors (Lipinski definition) is 0. The molecule has 0 spiro atoms. The highest BCUT2D eigenvalue weighted by Crippen LogP contribution is 2.40. The predicted molar refractivity (Wildman–Crippen MR) is 107 cm³/mol. The number of ether oxygens (including phenoxy) is 1. The highest BCUT2D eigenvalue weighted by Gasteiger charge is 2.32.